The van der Waals surface area contributed by atoms with Gasteiger partial charge in [0.25, 0.3) is 0 Å². The van der Waals surface area contributed by atoms with E-state index in [-0.39, 0.29) is 16.8 Å². The molecule has 9 heteroatoms. The molecule has 1 aromatic heterocycles. The summed E-state index contributed by atoms with van der Waals surface area (Å²) in [5.41, 5.74) is 1.05. The van der Waals surface area contributed by atoms with Gasteiger partial charge in [-0.3, -0.25) is 4.79 Å². The van der Waals surface area contributed by atoms with E-state index in [9.17, 15) is 25.2 Å². The molecular weight excluding hydrogens is 396 g/mol. The second-order valence-corrected chi connectivity index (χ2v) is 6.85. The number of benzene rings is 2. The molecule has 0 spiro atoms. The lowest BCUT2D eigenvalue weighted by atomic mass is 10.0. The molecule has 4 N–H and O–H groups in total. The summed E-state index contributed by atoms with van der Waals surface area (Å²) in [6.45, 7) is 0. The number of fused-ring (bicyclic) bond motifs is 1. The van der Waals surface area contributed by atoms with Crippen LogP contribution in [0.25, 0.3) is 22.1 Å². The Hall–Kier alpha value is -2.95. The molecule has 0 saturated carbocycles. The second-order valence-electron chi connectivity index (χ2n) is 6.85. The highest BCUT2D eigenvalue weighted by Crippen LogP contribution is 2.27. The summed E-state index contributed by atoms with van der Waals surface area (Å²) in [6.07, 6.45) is -6.72. The van der Waals surface area contributed by atoms with E-state index in [4.69, 9.17) is 18.6 Å². The molecule has 1 fully saturated rings. The van der Waals surface area contributed by atoms with Crippen LogP contribution in [0, 0.1) is 0 Å². The van der Waals surface area contributed by atoms with Crippen LogP contribution in [0.15, 0.2) is 57.9 Å². The fourth-order valence-corrected chi connectivity index (χ4v) is 3.21. The number of ether oxygens (including phenoxy) is 3. The lowest BCUT2D eigenvalue weighted by Gasteiger charge is -2.37. The summed E-state index contributed by atoms with van der Waals surface area (Å²) in [5.74, 6) is 0.836. The Balaban J connectivity index is 1.61. The highest BCUT2D eigenvalue weighted by atomic mass is 16.7. The smallest absolute Gasteiger partial charge is 0.231 e. The van der Waals surface area contributed by atoms with Gasteiger partial charge in [0.05, 0.1) is 18.1 Å². The lowest BCUT2D eigenvalue weighted by molar-refractivity contribution is -0.321. The Morgan fingerprint density at radius 1 is 0.900 bits per heavy atom. The van der Waals surface area contributed by atoms with Crippen LogP contribution in [-0.2, 0) is 4.74 Å². The molecule has 5 atom stereocenters. The van der Waals surface area contributed by atoms with E-state index < -0.39 is 30.9 Å². The number of aliphatic hydroxyl groups is 4. The van der Waals surface area contributed by atoms with Crippen molar-refractivity contribution in [2.24, 2.45) is 0 Å². The summed E-state index contributed by atoms with van der Waals surface area (Å²) in [4.78, 5) is 12.9. The lowest BCUT2D eigenvalue weighted by Crippen LogP contribution is -2.59. The first-order valence-corrected chi connectivity index (χ1v) is 9.13. The molecule has 0 amide bonds. The molecule has 0 bridgehead atoms. The maximum atomic E-state index is 12.9. The molecule has 9 nitrogen and oxygen atoms in total. The first-order chi connectivity index (χ1) is 14.4. The van der Waals surface area contributed by atoms with Gasteiger partial charge in [0.2, 0.25) is 6.29 Å². The van der Waals surface area contributed by atoms with E-state index in [0.29, 0.717) is 22.3 Å². The van der Waals surface area contributed by atoms with Crippen LogP contribution in [0.4, 0.5) is 0 Å². The van der Waals surface area contributed by atoms with E-state index in [1.165, 1.54) is 24.5 Å². The fourth-order valence-electron chi connectivity index (χ4n) is 3.21. The number of rotatable bonds is 4. The van der Waals surface area contributed by atoms with Gasteiger partial charge in [-0.2, -0.15) is 0 Å². The summed E-state index contributed by atoms with van der Waals surface area (Å²) < 4.78 is 21.2. The van der Waals surface area contributed by atoms with Crippen molar-refractivity contribution in [3.05, 3.63) is 59.0 Å². The molecule has 0 aliphatic carbocycles. The van der Waals surface area contributed by atoms with Crippen LogP contribution in [0.3, 0.4) is 0 Å². The van der Waals surface area contributed by atoms with Crippen LogP contribution in [0.2, 0.25) is 0 Å². The monoisotopic (exact) mass is 416 g/mol. The minimum Gasteiger partial charge on any atom is -0.497 e. The fraction of sp³-hybridized carbons (Fsp3) is 0.286. The standard InChI is InChI=1S/C21H20O9/c1-27-11-4-2-10(3-5-11)14-9-28-15-8-12(6-7-13(15)16(14)22)29-21-19(25)17(23)18(24)20(26)30-21/h2-9,17-21,23-26H,1H3/t17-,18-,19+,20-,21+/m1/s1. The Bertz CT molecular complexity index is 1090. The maximum Gasteiger partial charge on any atom is 0.231 e. The van der Waals surface area contributed by atoms with E-state index >= 15 is 0 Å². The molecule has 158 valence electrons. The highest BCUT2D eigenvalue weighted by molar-refractivity contribution is 5.82. The molecule has 2 heterocycles. The molecule has 1 saturated heterocycles. The number of methoxy groups -OCH3 is 1. The van der Waals surface area contributed by atoms with Crippen molar-refractivity contribution in [1.82, 2.24) is 0 Å². The van der Waals surface area contributed by atoms with Crippen LogP contribution in [0.1, 0.15) is 0 Å². The van der Waals surface area contributed by atoms with Gasteiger partial charge < -0.3 is 39.1 Å². The van der Waals surface area contributed by atoms with Gasteiger partial charge in [-0.15, -0.1) is 0 Å². The summed E-state index contributed by atoms with van der Waals surface area (Å²) in [5, 5.41) is 39.2. The summed E-state index contributed by atoms with van der Waals surface area (Å²) >= 11 is 0. The van der Waals surface area contributed by atoms with Crippen LogP contribution >= 0.6 is 0 Å². The van der Waals surface area contributed by atoms with Gasteiger partial charge >= 0.3 is 0 Å². The third kappa shape index (κ3) is 3.64. The molecule has 30 heavy (non-hydrogen) atoms. The molecular formula is C21H20O9. The number of hydrogen-bond acceptors (Lipinski definition) is 9. The zero-order chi connectivity index (χ0) is 21.4. The predicted molar refractivity (Wildman–Crippen MR) is 104 cm³/mol. The van der Waals surface area contributed by atoms with Crippen molar-refractivity contribution < 1.29 is 39.1 Å². The Morgan fingerprint density at radius 3 is 2.30 bits per heavy atom. The van der Waals surface area contributed by atoms with Gasteiger partial charge in [0, 0.05) is 6.07 Å². The van der Waals surface area contributed by atoms with Crippen molar-refractivity contribution >= 4 is 11.0 Å². The Kier molecular flexibility index (Phi) is 5.46. The quantitative estimate of drug-likeness (QED) is 0.482. The normalized spacial score (nSPS) is 26.5. The Morgan fingerprint density at radius 2 is 1.60 bits per heavy atom. The third-order valence-corrected chi connectivity index (χ3v) is 4.94. The molecule has 1 aliphatic heterocycles. The van der Waals surface area contributed by atoms with Crippen LogP contribution < -0.4 is 14.9 Å². The van der Waals surface area contributed by atoms with Crippen molar-refractivity contribution in [3.8, 4) is 22.6 Å². The summed E-state index contributed by atoms with van der Waals surface area (Å²) in [7, 11) is 1.56. The van der Waals surface area contributed by atoms with Gasteiger partial charge in [-0.05, 0) is 29.8 Å². The number of hydrogen-bond donors (Lipinski definition) is 4. The van der Waals surface area contributed by atoms with E-state index in [0.717, 1.165) is 0 Å². The summed E-state index contributed by atoms with van der Waals surface area (Å²) in [6, 6.07) is 11.4. The molecule has 0 unspecified atom stereocenters. The van der Waals surface area contributed by atoms with Gasteiger partial charge in [-0.25, -0.2) is 0 Å². The molecule has 4 rings (SSSR count). The van der Waals surface area contributed by atoms with Crippen molar-refractivity contribution in [1.29, 1.82) is 0 Å². The van der Waals surface area contributed by atoms with Crippen LogP contribution in [-0.4, -0.2) is 58.4 Å². The van der Waals surface area contributed by atoms with E-state index in [1.54, 1.807) is 31.4 Å². The average Bonchev–Trinajstić information content (AvgIpc) is 2.76. The minimum atomic E-state index is -1.72. The molecule has 2 aromatic carbocycles. The molecule has 0 radical (unpaired) electrons. The van der Waals surface area contributed by atoms with Crippen LogP contribution in [0.5, 0.6) is 11.5 Å². The zero-order valence-corrected chi connectivity index (χ0v) is 15.8. The topological polar surface area (TPSA) is 139 Å². The third-order valence-electron chi connectivity index (χ3n) is 4.94. The van der Waals surface area contributed by atoms with Gasteiger partial charge in [-0.1, -0.05) is 12.1 Å². The van der Waals surface area contributed by atoms with Gasteiger partial charge in [0.15, 0.2) is 11.7 Å². The number of aliphatic hydroxyl groups excluding tert-OH is 4. The molecule has 3 aromatic rings. The maximum absolute atomic E-state index is 12.9. The highest BCUT2D eigenvalue weighted by Gasteiger charge is 2.44. The largest absolute Gasteiger partial charge is 0.497 e. The van der Waals surface area contributed by atoms with Gasteiger partial charge in [0.1, 0.15) is 41.7 Å². The van der Waals surface area contributed by atoms with E-state index in [2.05, 4.69) is 0 Å². The average molecular weight is 416 g/mol. The van der Waals surface area contributed by atoms with Crippen molar-refractivity contribution in [2.45, 2.75) is 30.9 Å². The molecule has 1 aliphatic rings. The SMILES string of the molecule is COc1ccc(-c2coc3cc(O[C@H]4O[C@@H](O)[C@H](O)[C@@H](O)[C@@H]4O)ccc3c2=O)cc1. The van der Waals surface area contributed by atoms with Crippen molar-refractivity contribution in [2.75, 3.05) is 7.11 Å². The minimum absolute atomic E-state index is 0.169. The second kappa shape index (κ2) is 8.05. The van der Waals surface area contributed by atoms with Crippen molar-refractivity contribution in [3.63, 3.8) is 0 Å². The Labute approximate surface area is 170 Å². The zero-order valence-electron chi connectivity index (χ0n) is 15.8. The first-order valence-electron chi connectivity index (χ1n) is 9.13. The first kappa shape index (κ1) is 20.3. The van der Waals surface area contributed by atoms with E-state index in [1.807, 2.05) is 0 Å². The predicted octanol–water partition coefficient (Wildman–Crippen LogP) is 0.605.